The molecule has 2 rings (SSSR count). The van der Waals surface area contributed by atoms with Crippen LogP contribution in [-0.4, -0.2) is 28.5 Å². The minimum Gasteiger partial charge on any atom is -0.275 e. The van der Waals surface area contributed by atoms with E-state index in [1.54, 1.807) is 27.1 Å². The molecule has 0 aliphatic heterocycles. The van der Waals surface area contributed by atoms with Gasteiger partial charge in [-0.15, -0.1) is 0 Å². The zero-order valence-corrected chi connectivity index (χ0v) is 14.3. The van der Waals surface area contributed by atoms with E-state index in [-0.39, 0.29) is 6.54 Å². The van der Waals surface area contributed by atoms with Crippen LogP contribution in [-0.2, 0) is 29.8 Å². The van der Waals surface area contributed by atoms with E-state index in [1.807, 2.05) is 0 Å². The molecule has 0 saturated heterocycles. The zero-order valence-electron chi connectivity index (χ0n) is 13.4. The molecule has 1 aromatic carbocycles. The summed E-state index contributed by atoms with van der Waals surface area (Å²) in [5.41, 5.74) is -0.568. The van der Waals surface area contributed by atoms with Crippen molar-refractivity contribution >= 4 is 10.0 Å². The number of halogens is 3. The van der Waals surface area contributed by atoms with Gasteiger partial charge in [-0.3, -0.25) is 4.68 Å². The van der Waals surface area contributed by atoms with Gasteiger partial charge in [0.05, 0.1) is 16.7 Å². The van der Waals surface area contributed by atoms with Crippen molar-refractivity contribution in [2.75, 3.05) is 0 Å². The molecule has 0 amide bonds. The first-order chi connectivity index (χ1) is 11.0. The molecule has 2 aromatic rings. The van der Waals surface area contributed by atoms with Crippen molar-refractivity contribution in [3.63, 3.8) is 0 Å². The Labute approximate surface area is 138 Å². The second kappa shape index (κ2) is 6.56. The SMILES string of the molecule is CC(C)N(Cc1cnn(C)c1)S(=O)(=O)c1ccccc1C(F)(F)F. The largest absolute Gasteiger partial charge is 0.417 e. The third-order valence-electron chi connectivity index (χ3n) is 3.45. The Bertz CT molecular complexity index is 813. The van der Waals surface area contributed by atoms with E-state index < -0.39 is 32.7 Å². The summed E-state index contributed by atoms with van der Waals surface area (Å²) in [7, 11) is -2.65. The molecule has 0 fully saturated rings. The number of hydrogen-bond acceptors (Lipinski definition) is 3. The lowest BCUT2D eigenvalue weighted by atomic mass is 10.2. The third-order valence-corrected chi connectivity index (χ3v) is 5.53. The molecule has 0 saturated carbocycles. The fourth-order valence-corrected chi connectivity index (χ4v) is 4.17. The molecule has 0 N–H and O–H groups in total. The molecule has 5 nitrogen and oxygen atoms in total. The van der Waals surface area contributed by atoms with Crippen LogP contribution >= 0.6 is 0 Å². The predicted molar refractivity (Wildman–Crippen MR) is 82.5 cm³/mol. The number of nitrogens with zero attached hydrogens (tertiary/aromatic N) is 3. The number of rotatable bonds is 5. The molecular formula is C15H18F3N3O2S. The Morgan fingerprint density at radius 2 is 1.88 bits per heavy atom. The van der Waals surface area contributed by atoms with Crippen LogP contribution in [0.2, 0.25) is 0 Å². The molecule has 132 valence electrons. The van der Waals surface area contributed by atoms with Crippen LogP contribution in [0.25, 0.3) is 0 Å². The Kier molecular flexibility index (Phi) is 5.05. The topological polar surface area (TPSA) is 55.2 Å². The molecule has 0 aliphatic carbocycles. The summed E-state index contributed by atoms with van der Waals surface area (Å²) in [6, 6.07) is 3.69. The maximum absolute atomic E-state index is 13.2. The molecule has 9 heteroatoms. The molecule has 1 aromatic heterocycles. The number of alkyl halides is 3. The van der Waals surface area contributed by atoms with E-state index in [0.717, 1.165) is 16.4 Å². The molecule has 0 unspecified atom stereocenters. The molecule has 0 radical (unpaired) electrons. The molecular weight excluding hydrogens is 343 g/mol. The van der Waals surface area contributed by atoms with E-state index >= 15 is 0 Å². The molecule has 24 heavy (non-hydrogen) atoms. The summed E-state index contributed by atoms with van der Waals surface area (Å²) in [6.45, 7) is 3.17. The van der Waals surface area contributed by atoms with Crippen molar-refractivity contribution < 1.29 is 21.6 Å². The summed E-state index contributed by atoms with van der Waals surface area (Å²) in [4.78, 5) is -0.741. The van der Waals surface area contributed by atoms with Gasteiger partial charge in [0.25, 0.3) is 0 Å². The number of sulfonamides is 1. The van der Waals surface area contributed by atoms with Gasteiger partial charge in [-0.25, -0.2) is 8.42 Å². The highest BCUT2D eigenvalue weighted by Crippen LogP contribution is 2.35. The lowest BCUT2D eigenvalue weighted by Gasteiger charge is -2.26. The van der Waals surface area contributed by atoms with E-state index in [9.17, 15) is 21.6 Å². The lowest BCUT2D eigenvalue weighted by Crippen LogP contribution is -2.37. The molecule has 0 spiro atoms. The maximum Gasteiger partial charge on any atom is 0.417 e. The highest BCUT2D eigenvalue weighted by Gasteiger charge is 2.39. The van der Waals surface area contributed by atoms with Crippen LogP contribution in [0.4, 0.5) is 13.2 Å². The van der Waals surface area contributed by atoms with Gasteiger partial charge >= 0.3 is 6.18 Å². The monoisotopic (exact) mass is 361 g/mol. The second-order valence-electron chi connectivity index (χ2n) is 5.66. The summed E-state index contributed by atoms with van der Waals surface area (Å²) >= 11 is 0. The van der Waals surface area contributed by atoms with Crippen LogP contribution < -0.4 is 0 Å². The number of hydrogen-bond donors (Lipinski definition) is 0. The summed E-state index contributed by atoms with van der Waals surface area (Å²) in [6.07, 6.45) is -1.64. The minimum atomic E-state index is -4.75. The van der Waals surface area contributed by atoms with Gasteiger partial charge in [-0.1, -0.05) is 12.1 Å². The standard InChI is InChI=1S/C15H18F3N3O2S/c1-11(2)21(10-12-8-19-20(3)9-12)24(22,23)14-7-5-4-6-13(14)15(16,17)18/h4-9,11H,10H2,1-3H3. The minimum absolute atomic E-state index is 0.0555. The van der Waals surface area contributed by atoms with Gasteiger partial charge < -0.3 is 0 Å². The van der Waals surface area contributed by atoms with Crippen LogP contribution in [0, 0.1) is 0 Å². The van der Waals surface area contributed by atoms with Crippen molar-refractivity contribution in [2.24, 2.45) is 7.05 Å². The number of aryl methyl sites for hydroxylation is 1. The van der Waals surface area contributed by atoms with Crippen molar-refractivity contribution in [2.45, 2.75) is 37.5 Å². The number of aromatic nitrogens is 2. The third kappa shape index (κ3) is 3.78. The normalized spacial score (nSPS) is 13.0. The fraction of sp³-hybridized carbons (Fsp3) is 0.400. The zero-order chi connectivity index (χ0) is 18.1. The highest BCUT2D eigenvalue weighted by atomic mass is 32.2. The maximum atomic E-state index is 13.2. The summed E-state index contributed by atoms with van der Waals surface area (Å²) in [5, 5.41) is 3.96. The van der Waals surface area contributed by atoms with Crippen molar-refractivity contribution in [1.82, 2.24) is 14.1 Å². The van der Waals surface area contributed by atoms with Crippen molar-refractivity contribution in [1.29, 1.82) is 0 Å². The molecule has 0 bridgehead atoms. The first-order valence-electron chi connectivity index (χ1n) is 7.19. The Balaban J connectivity index is 2.50. The summed E-state index contributed by atoms with van der Waals surface area (Å²) < 4.78 is 67.8. The van der Waals surface area contributed by atoms with Gasteiger partial charge in [-0.05, 0) is 26.0 Å². The van der Waals surface area contributed by atoms with Crippen LogP contribution in [0.1, 0.15) is 25.0 Å². The van der Waals surface area contributed by atoms with Crippen molar-refractivity contribution in [3.8, 4) is 0 Å². The van der Waals surface area contributed by atoms with E-state index in [2.05, 4.69) is 5.10 Å². The van der Waals surface area contributed by atoms with E-state index in [4.69, 9.17) is 0 Å². The van der Waals surface area contributed by atoms with Gasteiger partial charge in [-0.2, -0.15) is 22.6 Å². The van der Waals surface area contributed by atoms with Crippen LogP contribution in [0.5, 0.6) is 0 Å². The first-order valence-corrected chi connectivity index (χ1v) is 8.63. The van der Waals surface area contributed by atoms with Crippen LogP contribution in [0.3, 0.4) is 0 Å². The summed E-state index contributed by atoms with van der Waals surface area (Å²) in [5.74, 6) is 0. The Morgan fingerprint density at radius 3 is 2.38 bits per heavy atom. The predicted octanol–water partition coefficient (Wildman–Crippen LogP) is 3.04. The smallest absolute Gasteiger partial charge is 0.275 e. The highest BCUT2D eigenvalue weighted by molar-refractivity contribution is 7.89. The second-order valence-corrected chi connectivity index (χ2v) is 7.52. The van der Waals surface area contributed by atoms with Gasteiger partial charge in [0.15, 0.2) is 0 Å². The quantitative estimate of drug-likeness (QED) is 0.823. The van der Waals surface area contributed by atoms with Gasteiger partial charge in [0.2, 0.25) is 10.0 Å². The Hall–Kier alpha value is -1.87. The number of benzene rings is 1. The molecule has 0 atom stereocenters. The van der Waals surface area contributed by atoms with E-state index in [1.165, 1.54) is 23.0 Å². The van der Waals surface area contributed by atoms with Gasteiger partial charge in [0, 0.05) is 31.4 Å². The van der Waals surface area contributed by atoms with Crippen molar-refractivity contribution in [3.05, 3.63) is 47.8 Å². The average molecular weight is 361 g/mol. The average Bonchev–Trinajstić information content (AvgIpc) is 2.89. The molecule has 1 heterocycles. The fourth-order valence-electron chi connectivity index (χ4n) is 2.33. The Morgan fingerprint density at radius 1 is 1.25 bits per heavy atom. The first kappa shape index (κ1) is 18.5. The van der Waals surface area contributed by atoms with Gasteiger partial charge in [0.1, 0.15) is 0 Å². The van der Waals surface area contributed by atoms with Crippen LogP contribution in [0.15, 0.2) is 41.6 Å². The molecule has 0 aliphatic rings. The van der Waals surface area contributed by atoms with E-state index in [0.29, 0.717) is 5.56 Å². The lowest BCUT2D eigenvalue weighted by molar-refractivity contribution is -0.139.